The number of aliphatic hydroxyl groups is 4. The first-order valence-electron chi connectivity index (χ1n) is 13.0. The Morgan fingerprint density at radius 2 is 1.76 bits per heavy atom. The summed E-state index contributed by atoms with van der Waals surface area (Å²) in [5.74, 6) is -9.02. The van der Waals surface area contributed by atoms with Crippen LogP contribution in [-0.2, 0) is 14.4 Å². The lowest BCUT2D eigenvalue weighted by Gasteiger charge is -2.53. The standard InChI is InChI=1S/C30H28N2O9/c1-11-13-8-9-14(16-10-12-6-4-5-7-15(12)41-16)23(33)18(13)24(34)19-17(11)25(35)21-22(32(2)3)26(36)20(29(31)39)28(38)30(21,40)27(19)37/h4-11,17,21-22,25,33-35,38,40H,1-3H3,(H2,31,39)/t11-,17?,21?,22-,25?,30-/m0/s1. The van der Waals surface area contributed by atoms with Crippen LogP contribution in [0.15, 0.2) is 63.8 Å². The second-order valence-corrected chi connectivity index (χ2v) is 11.1. The summed E-state index contributed by atoms with van der Waals surface area (Å²) < 4.78 is 5.89. The minimum Gasteiger partial charge on any atom is -0.508 e. The Kier molecular flexibility index (Phi) is 5.73. The van der Waals surface area contributed by atoms with E-state index in [-0.39, 0.29) is 11.1 Å². The fraction of sp³-hybridized carbons (Fsp3) is 0.300. The number of ketones is 2. The first-order chi connectivity index (χ1) is 19.3. The molecule has 3 unspecified atom stereocenters. The molecule has 1 heterocycles. The van der Waals surface area contributed by atoms with Crippen molar-refractivity contribution in [2.24, 2.45) is 17.6 Å². The highest BCUT2D eigenvalue weighted by Gasteiger charge is 2.68. The number of phenols is 1. The van der Waals surface area contributed by atoms with E-state index in [1.54, 1.807) is 37.3 Å². The Labute approximate surface area is 233 Å². The molecule has 1 aromatic heterocycles. The van der Waals surface area contributed by atoms with Crippen molar-refractivity contribution in [3.63, 3.8) is 0 Å². The van der Waals surface area contributed by atoms with Crippen molar-refractivity contribution >= 4 is 34.2 Å². The normalized spacial score (nSPS) is 29.6. The van der Waals surface area contributed by atoms with Gasteiger partial charge in [0.2, 0.25) is 5.78 Å². The van der Waals surface area contributed by atoms with Gasteiger partial charge in [-0.15, -0.1) is 0 Å². The summed E-state index contributed by atoms with van der Waals surface area (Å²) in [6, 6.07) is 10.8. The van der Waals surface area contributed by atoms with E-state index in [2.05, 4.69) is 0 Å². The summed E-state index contributed by atoms with van der Waals surface area (Å²) in [5, 5.41) is 58.2. The number of aliphatic hydroxyl groups excluding tert-OH is 3. The number of hydrogen-bond donors (Lipinski definition) is 6. The third-order valence-corrected chi connectivity index (χ3v) is 8.82. The number of likely N-dealkylation sites (N-methyl/N-ethyl adjacent to an activating group) is 1. The molecule has 11 heteroatoms. The van der Waals surface area contributed by atoms with Gasteiger partial charge in [-0.3, -0.25) is 19.3 Å². The fourth-order valence-electron chi connectivity index (χ4n) is 6.93. The van der Waals surface area contributed by atoms with Gasteiger partial charge < -0.3 is 35.7 Å². The zero-order chi connectivity index (χ0) is 29.7. The van der Waals surface area contributed by atoms with E-state index in [0.717, 1.165) is 5.39 Å². The number of primary amides is 1. The molecule has 3 aliphatic carbocycles. The van der Waals surface area contributed by atoms with Crippen LogP contribution in [0.25, 0.3) is 28.1 Å². The summed E-state index contributed by atoms with van der Waals surface area (Å²) in [6.07, 6.45) is -1.65. The van der Waals surface area contributed by atoms with Gasteiger partial charge >= 0.3 is 0 Å². The Hall–Kier alpha value is -4.45. The van der Waals surface area contributed by atoms with E-state index < -0.39 is 81.4 Å². The molecule has 0 radical (unpaired) electrons. The first-order valence-corrected chi connectivity index (χ1v) is 13.0. The molecule has 3 aromatic rings. The summed E-state index contributed by atoms with van der Waals surface area (Å²) in [7, 11) is 2.92. The van der Waals surface area contributed by atoms with Crippen molar-refractivity contribution < 1.29 is 44.3 Å². The highest BCUT2D eigenvalue weighted by molar-refractivity contribution is 6.24. The molecule has 212 valence electrons. The van der Waals surface area contributed by atoms with Gasteiger partial charge in [0.25, 0.3) is 5.91 Å². The minimum atomic E-state index is -2.96. The molecule has 1 amide bonds. The van der Waals surface area contributed by atoms with Gasteiger partial charge in [-0.05, 0) is 43.8 Å². The van der Waals surface area contributed by atoms with Gasteiger partial charge in [0.15, 0.2) is 11.4 Å². The van der Waals surface area contributed by atoms with Crippen LogP contribution in [0.5, 0.6) is 5.75 Å². The number of amides is 1. The number of benzene rings is 2. The number of rotatable bonds is 3. The summed E-state index contributed by atoms with van der Waals surface area (Å²) in [5.41, 5.74) is 2.10. The lowest BCUT2D eigenvalue weighted by molar-refractivity contribution is -0.169. The van der Waals surface area contributed by atoms with Crippen molar-refractivity contribution in [1.82, 2.24) is 4.90 Å². The average Bonchev–Trinajstić information content (AvgIpc) is 3.34. The van der Waals surface area contributed by atoms with Crippen molar-refractivity contribution in [3.8, 4) is 17.1 Å². The van der Waals surface area contributed by atoms with E-state index in [1.807, 2.05) is 12.1 Å². The number of hydrogen-bond acceptors (Lipinski definition) is 10. The van der Waals surface area contributed by atoms with Crippen LogP contribution in [0.4, 0.5) is 0 Å². The van der Waals surface area contributed by atoms with E-state index in [9.17, 15) is 39.9 Å². The van der Waals surface area contributed by atoms with Gasteiger partial charge in [0.1, 0.15) is 34.2 Å². The molecular formula is C30H28N2O9. The summed E-state index contributed by atoms with van der Waals surface area (Å²) in [4.78, 5) is 40.9. The molecule has 1 fully saturated rings. The number of aromatic hydroxyl groups is 1. The van der Waals surface area contributed by atoms with Crippen LogP contribution >= 0.6 is 0 Å². The third kappa shape index (κ3) is 3.33. The number of Topliss-reactive ketones (excluding diaryl/α,β-unsaturated/α-hetero) is 2. The van der Waals surface area contributed by atoms with Crippen LogP contribution in [0.3, 0.4) is 0 Å². The zero-order valence-corrected chi connectivity index (χ0v) is 22.3. The number of para-hydroxylation sites is 1. The molecule has 41 heavy (non-hydrogen) atoms. The number of furan rings is 1. The van der Waals surface area contributed by atoms with Gasteiger partial charge in [0, 0.05) is 16.9 Å². The topological polar surface area (TPSA) is 195 Å². The lowest BCUT2D eigenvalue weighted by atomic mass is 9.54. The van der Waals surface area contributed by atoms with Gasteiger partial charge in [-0.1, -0.05) is 31.2 Å². The molecule has 11 nitrogen and oxygen atoms in total. The van der Waals surface area contributed by atoms with Crippen LogP contribution in [0.1, 0.15) is 24.0 Å². The molecule has 6 atom stereocenters. The molecular weight excluding hydrogens is 532 g/mol. The predicted molar refractivity (Wildman–Crippen MR) is 146 cm³/mol. The second kappa shape index (κ2) is 8.77. The van der Waals surface area contributed by atoms with Crippen molar-refractivity contribution in [1.29, 1.82) is 0 Å². The largest absolute Gasteiger partial charge is 0.508 e. The number of carbonyl (C=O) groups is 3. The molecule has 1 saturated carbocycles. The van der Waals surface area contributed by atoms with Crippen LogP contribution in [0.2, 0.25) is 0 Å². The van der Waals surface area contributed by atoms with Crippen LogP contribution in [-0.4, -0.2) is 79.7 Å². The Bertz CT molecular complexity index is 1720. The number of nitrogens with two attached hydrogens (primary N) is 1. The molecule has 6 rings (SSSR count). The molecule has 7 N–H and O–H groups in total. The maximum atomic E-state index is 14.1. The maximum Gasteiger partial charge on any atom is 0.255 e. The minimum absolute atomic E-state index is 0.0982. The quantitative estimate of drug-likeness (QED) is 0.258. The number of fused-ring (bicyclic) bond motifs is 4. The SMILES string of the molecule is C[C@H]1c2ccc(-c3cc4ccccc4o3)c(O)c2C(O)=C2C(=O)[C@]3(O)C(O)=C(C(N)=O)C(=O)[C@@H](N(C)C)C3C(O)C21. The van der Waals surface area contributed by atoms with Crippen molar-refractivity contribution in [3.05, 3.63) is 70.5 Å². The average molecular weight is 561 g/mol. The van der Waals surface area contributed by atoms with E-state index >= 15 is 0 Å². The van der Waals surface area contributed by atoms with Gasteiger partial charge in [0.05, 0.1) is 29.2 Å². The maximum absolute atomic E-state index is 14.1. The van der Waals surface area contributed by atoms with E-state index in [1.165, 1.54) is 19.0 Å². The molecule has 3 aliphatic rings. The Morgan fingerprint density at radius 3 is 2.39 bits per heavy atom. The zero-order valence-electron chi connectivity index (χ0n) is 22.3. The lowest BCUT2D eigenvalue weighted by Crippen LogP contribution is -2.70. The first kappa shape index (κ1) is 26.8. The molecule has 0 saturated heterocycles. The third-order valence-electron chi connectivity index (χ3n) is 8.82. The highest BCUT2D eigenvalue weighted by atomic mass is 16.4. The predicted octanol–water partition coefficient (Wildman–Crippen LogP) is 1.91. The van der Waals surface area contributed by atoms with E-state index in [0.29, 0.717) is 16.9 Å². The van der Waals surface area contributed by atoms with E-state index in [4.69, 9.17) is 10.2 Å². The second-order valence-electron chi connectivity index (χ2n) is 11.1. The smallest absolute Gasteiger partial charge is 0.255 e. The molecule has 0 aliphatic heterocycles. The number of carbonyl (C=O) groups excluding carboxylic acids is 3. The molecule has 0 spiro atoms. The molecule has 2 aromatic carbocycles. The van der Waals surface area contributed by atoms with Crippen molar-refractivity contribution in [2.45, 2.75) is 30.6 Å². The summed E-state index contributed by atoms with van der Waals surface area (Å²) in [6.45, 7) is 1.68. The molecule has 0 bridgehead atoms. The number of phenolic OH excluding ortho intramolecular Hbond substituents is 1. The van der Waals surface area contributed by atoms with Crippen molar-refractivity contribution in [2.75, 3.05) is 14.1 Å². The fourth-order valence-corrected chi connectivity index (χ4v) is 6.93. The highest BCUT2D eigenvalue weighted by Crippen LogP contribution is 2.57. The monoisotopic (exact) mass is 560 g/mol. The summed E-state index contributed by atoms with van der Waals surface area (Å²) >= 11 is 0. The van der Waals surface area contributed by atoms with Gasteiger partial charge in [-0.25, -0.2) is 0 Å². The Balaban J connectivity index is 1.59. The number of nitrogens with zero attached hydrogens (tertiary/aromatic N) is 1. The van der Waals surface area contributed by atoms with Crippen LogP contribution in [0, 0.1) is 11.8 Å². The van der Waals surface area contributed by atoms with Gasteiger partial charge in [-0.2, -0.15) is 0 Å². The van der Waals surface area contributed by atoms with Crippen LogP contribution < -0.4 is 5.73 Å². The Morgan fingerprint density at radius 1 is 1.07 bits per heavy atom.